The third-order valence-corrected chi connectivity index (χ3v) is 3.43. The van der Waals surface area contributed by atoms with Crippen molar-refractivity contribution in [1.82, 2.24) is 4.98 Å². The summed E-state index contributed by atoms with van der Waals surface area (Å²) in [7, 11) is 3.68. The van der Waals surface area contributed by atoms with Crippen LogP contribution >= 0.6 is 23.2 Å². The molecule has 2 rings (SSSR count). The summed E-state index contributed by atoms with van der Waals surface area (Å²) in [4.78, 5) is 18.3. The van der Waals surface area contributed by atoms with Crippen LogP contribution in [0, 0.1) is 0 Å². The Balaban J connectivity index is 2.31. The molecule has 0 unspecified atom stereocenters. The molecule has 0 saturated heterocycles. The number of carbonyl (C=O) groups is 1. The first kappa shape index (κ1) is 15.4. The smallest absolute Gasteiger partial charge is 0.255 e. The molecule has 1 heterocycles. The highest BCUT2D eigenvalue weighted by molar-refractivity contribution is 6.39. The molecule has 0 bridgehead atoms. The maximum atomic E-state index is 12.3. The molecule has 0 fully saturated rings. The van der Waals surface area contributed by atoms with Gasteiger partial charge in [-0.05, 0) is 24.3 Å². The maximum absolute atomic E-state index is 12.3. The molecule has 2 aromatic rings. The number of anilines is 3. The zero-order chi connectivity index (χ0) is 15.6. The Bertz CT molecular complexity index is 665. The summed E-state index contributed by atoms with van der Waals surface area (Å²) in [5.41, 5.74) is 6.83. The molecule has 0 aliphatic heterocycles. The Kier molecular flexibility index (Phi) is 4.55. The van der Waals surface area contributed by atoms with E-state index in [1.807, 2.05) is 14.1 Å². The van der Waals surface area contributed by atoms with Crippen molar-refractivity contribution in [1.29, 1.82) is 0 Å². The Morgan fingerprint density at radius 1 is 1.29 bits per heavy atom. The number of rotatable bonds is 3. The van der Waals surface area contributed by atoms with Crippen LogP contribution in [0.15, 0.2) is 30.5 Å². The lowest BCUT2D eigenvalue weighted by atomic mass is 10.2. The molecule has 0 saturated carbocycles. The Morgan fingerprint density at radius 3 is 2.48 bits per heavy atom. The summed E-state index contributed by atoms with van der Waals surface area (Å²) in [6.45, 7) is 0. The molecule has 1 aromatic carbocycles. The molecule has 0 atom stereocenters. The van der Waals surface area contributed by atoms with Gasteiger partial charge in [0.25, 0.3) is 5.91 Å². The molecular weight excluding hydrogens is 311 g/mol. The maximum Gasteiger partial charge on any atom is 0.255 e. The van der Waals surface area contributed by atoms with Gasteiger partial charge in [0.1, 0.15) is 0 Å². The van der Waals surface area contributed by atoms with Crippen LogP contribution in [0.4, 0.5) is 17.2 Å². The van der Waals surface area contributed by atoms with Crippen LogP contribution in [0.3, 0.4) is 0 Å². The number of amides is 1. The van der Waals surface area contributed by atoms with E-state index in [1.165, 1.54) is 12.1 Å². The number of carbonyl (C=O) groups excluding carboxylic acids is 1. The average molecular weight is 325 g/mol. The minimum Gasteiger partial charge on any atom is -0.396 e. The van der Waals surface area contributed by atoms with Gasteiger partial charge in [-0.1, -0.05) is 23.2 Å². The van der Waals surface area contributed by atoms with Crippen molar-refractivity contribution in [3.63, 3.8) is 0 Å². The van der Waals surface area contributed by atoms with Crippen molar-refractivity contribution in [3.05, 3.63) is 46.1 Å². The zero-order valence-electron chi connectivity index (χ0n) is 11.5. The van der Waals surface area contributed by atoms with E-state index >= 15 is 0 Å². The molecule has 0 aliphatic carbocycles. The molecule has 110 valence electrons. The number of nitrogen functional groups attached to an aromatic ring is 1. The fraction of sp³-hybridized carbons (Fsp3) is 0.143. The van der Waals surface area contributed by atoms with E-state index in [0.29, 0.717) is 17.1 Å². The summed E-state index contributed by atoms with van der Waals surface area (Å²) in [5, 5.41) is 3.27. The van der Waals surface area contributed by atoms with Crippen LogP contribution in [0.25, 0.3) is 0 Å². The van der Waals surface area contributed by atoms with Gasteiger partial charge in [-0.15, -0.1) is 0 Å². The number of hydrogen-bond donors (Lipinski definition) is 2. The number of aromatic nitrogens is 1. The minimum absolute atomic E-state index is 0.242. The number of nitrogens with one attached hydrogen (secondary N) is 1. The number of benzene rings is 1. The first-order valence-corrected chi connectivity index (χ1v) is 6.84. The fourth-order valence-electron chi connectivity index (χ4n) is 1.76. The van der Waals surface area contributed by atoms with Crippen LogP contribution in [0.1, 0.15) is 10.4 Å². The van der Waals surface area contributed by atoms with Crippen LogP contribution < -0.4 is 16.0 Å². The molecule has 3 N–H and O–H groups in total. The lowest BCUT2D eigenvalue weighted by Crippen LogP contribution is -2.17. The average Bonchev–Trinajstić information content (AvgIpc) is 2.44. The first-order chi connectivity index (χ1) is 9.90. The lowest BCUT2D eigenvalue weighted by molar-refractivity contribution is 0.102. The van der Waals surface area contributed by atoms with Gasteiger partial charge in [0.2, 0.25) is 0 Å². The standard InChI is InChI=1S/C14H14Cl2N4O/c1-20(2)13-11(4-3-5-18-13)19-14(21)8-6-9(15)12(17)10(16)7-8/h3-7H,17H2,1-2H3,(H,19,21). The minimum atomic E-state index is -0.338. The van der Waals surface area contributed by atoms with Crippen molar-refractivity contribution < 1.29 is 4.79 Å². The third-order valence-electron chi connectivity index (χ3n) is 2.80. The van der Waals surface area contributed by atoms with Crippen molar-refractivity contribution in [2.75, 3.05) is 30.0 Å². The Hall–Kier alpha value is -1.98. The Labute approximate surface area is 132 Å². The molecule has 7 heteroatoms. The zero-order valence-corrected chi connectivity index (χ0v) is 13.0. The van der Waals surface area contributed by atoms with Crippen molar-refractivity contribution >= 4 is 46.3 Å². The largest absolute Gasteiger partial charge is 0.396 e. The van der Waals surface area contributed by atoms with Gasteiger partial charge < -0.3 is 16.0 Å². The number of nitrogens with zero attached hydrogens (tertiary/aromatic N) is 2. The highest BCUT2D eigenvalue weighted by Gasteiger charge is 2.14. The van der Waals surface area contributed by atoms with Gasteiger partial charge in [-0.3, -0.25) is 4.79 Å². The molecule has 5 nitrogen and oxygen atoms in total. The van der Waals surface area contributed by atoms with Crippen LogP contribution in [-0.2, 0) is 0 Å². The lowest BCUT2D eigenvalue weighted by Gasteiger charge is -2.16. The van der Waals surface area contributed by atoms with Gasteiger partial charge in [0.05, 0.1) is 21.4 Å². The Morgan fingerprint density at radius 2 is 1.90 bits per heavy atom. The quantitative estimate of drug-likeness (QED) is 0.850. The second-order valence-electron chi connectivity index (χ2n) is 4.58. The predicted molar refractivity (Wildman–Crippen MR) is 87.4 cm³/mol. The molecule has 0 radical (unpaired) electrons. The molecule has 1 amide bonds. The van der Waals surface area contributed by atoms with E-state index in [2.05, 4.69) is 10.3 Å². The van der Waals surface area contributed by atoms with Gasteiger partial charge >= 0.3 is 0 Å². The van der Waals surface area contributed by atoms with E-state index in [-0.39, 0.29) is 21.6 Å². The van der Waals surface area contributed by atoms with Crippen molar-refractivity contribution in [2.45, 2.75) is 0 Å². The summed E-state index contributed by atoms with van der Waals surface area (Å²) < 4.78 is 0. The first-order valence-electron chi connectivity index (χ1n) is 6.08. The molecule has 21 heavy (non-hydrogen) atoms. The monoisotopic (exact) mass is 324 g/mol. The van der Waals surface area contributed by atoms with E-state index in [1.54, 1.807) is 23.2 Å². The van der Waals surface area contributed by atoms with Gasteiger partial charge in [0, 0.05) is 25.9 Å². The fourth-order valence-corrected chi connectivity index (χ4v) is 2.25. The van der Waals surface area contributed by atoms with E-state index < -0.39 is 0 Å². The second-order valence-corrected chi connectivity index (χ2v) is 5.39. The summed E-state index contributed by atoms with van der Waals surface area (Å²) in [6.07, 6.45) is 1.65. The normalized spacial score (nSPS) is 10.3. The van der Waals surface area contributed by atoms with E-state index in [0.717, 1.165) is 0 Å². The topological polar surface area (TPSA) is 71.2 Å². The van der Waals surface area contributed by atoms with Crippen molar-refractivity contribution in [2.24, 2.45) is 0 Å². The molecule has 1 aromatic heterocycles. The van der Waals surface area contributed by atoms with Crippen LogP contribution in [0.2, 0.25) is 10.0 Å². The molecular formula is C14H14Cl2N4O. The van der Waals surface area contributed by atoms with E-state index in [9.17, 15) is 4.79 Å². The molecule has 0 aliphatic rings. The van der Waals surface area contributed by atoms with Gasteiger partial charge in [-0.2, -0.15) is 0 Å². The molecule has 0 spiro atoms. The highest BCUT2D eigenvalue weighted by atomic mass is 35.5. The van der Waals surface area contributed by atoms with Gasteiger partial charge in [-0.25, -0.2) is 4.98 Å². The number of nitrogens with two attached hydrogens (primary N) is 1. The summed E-state index contributed by atoms with van der Waals surface area (Å²) >= 11 is 11.9. The number of hydrogen-bond acceptors (Lipinski definition) is 4. The number of halogens is 2. The SMILES string of the molecule is CN(C)c1ncccc1NC(=O)c1cc(Cl)c(N)c(Cl)c1. The van der Waals surface area contributed by atoms with E-state index in [4.69, 9.17) is 28.9 Å². The number of pyridine rings is 1. The highest BCUT2D eigenvalue weighted by Crippen LogP contribution is 2.29. The van der Waals surface area contributed by atoms with Crippen LogP contribution in [-0.4, -0.2) is 25.0 Å². The van der Waals surface area contributed by atoms with Gasteiger partial charge in [0.15, 0.2) is 5.82 Å². The second kappa shape index (κ2) is 6.20. The van der Waals surface area contributed by atoms with Crippen molar-refractivity contribution in [3.8, 4) is 0 Å². The predicted octanol–water partition coefficient (Wildman–Crippen LogP) is 3.29. The summed E-state index contributed by atoms with van der Waals surface area (Å²) in [5.74, 6) is 0.313. The van der Waals surface area contributed by atoms with Crippen LogP contribution in [0.5, 0.6) is 0 Å². The third kappa shape index (κ3) is 3.37. The summed E-state index contributed by atoms with van der Waals surface area (Å²) in [6, 6.07) is 6.46.